The first-order chi connectivity index (χ1) is 9.27. The molecule has 1 amide bonds. The van der Waals surface area contributed by atoms with Gasteiger partial charge in [0.05, 0.1) is 0 Å². The molecule has 0 heterocycles. The number of hydrogen-bond donors (Lipinski definition) is 2. The summed E-state index contributed by atoms with van der Waals surface area (Å²) >= 11 is 0. The molecule has 1 atom stereocenters. The van der Waals surface area contributed by atoms with Gasteiger partial charge in [-0.1, -0.05) is 60.7 Å². The van der Waals surface area contributed by atoms with E-state index in [2.05, 4.69) is 5.32 Å². The second-order valence-electron chi connectivity index (χ2n) is 4.34. The third-order valence-corrected chi connectivity index (χ3v) is 2.92. The second-order valence-corrected chi connectivity index (χ2v) is 4.34. The number of benzene rings is 2. The first-order valence-electron chi connectivity index (χ1n) is 6.32. The Bertz CT molecular complexity index is 511. The van der Waals surface area contributed by atoms with Gasteiger partial charge in [0, 0.05) is 6.54 Å². The van der Waals surface area contributed by atoms with Gasteiger partial charge < -0.3 is 10.4 Å². The van der Waals surface area contributed by atoms with Crippen LogP contribution in [0.15, 0.2) is 60.7 Å². The zero-order valence-corrected chi connectivity index (χ0v) is 10.6. The van der Waals surface area contributed by atoms with Gasteiger partial charge in [-0.3, -0.25) is 4.79 Å². The molecule has 2 aromatic rings. The van der Waals surface area contributed by atoms with Crippen LogP contribution in [0.4, 0.5) is 0 Å². The van der Waals surface area contributed by atoms with Crippen molar-refractivity contribution in [2.75, 3.05) is 6.54 Å². The zero-order valence-electron chi connectivity index (χ0n) is 10.6. The highest BCUT2D eigenvalue weighted by Gasteiger charge is 2.15. The molecule has 0 spiro atoms. The fraction of sp³-hybridized carbons (Fsp3) is 0.188. The Labute approximate surface area is 112 Å². The van der Waals surface area contributed by atoms with E-state index < -0.39 is 6.10 Å². The van der Waals surface area contributed by atoms with Crippen molar-refractivity contribution >= 4 is 5.91 Å². The van der Waals surface area contributed by atoms with Gasteiger partial charge in [0.15, 0.2) is 6.10 Å². The lowest BCUT2D eigenvalue weighted by Crippen LogP contribution is -2.30. The van der Waals surface area contributed by atoms with Crippen LogP contribution in [0.2, 0.25) is 0 Å². The maximum Gasteiger partial charge on any atom is 0.253 e. The molecule has 3 nitrogen and oxygen atoms in total. The summed E-state index contributed by atoms with van der Waals surface area (Å²) in [6.07, 6.45) is -0.342. The molecule has 0 aliphatic rings. The van der Waals surface area contributed by atoms with Crippen LogP contribution >= 0.6 is 0 Å². The van der Waals surface area contributed by atoms with Crippen LogP contribution in [-0.4, -0.2) is 17.6 Å². The van der Waals surface area contributed by atoms with Gasteiger partial charge in [-0.25, -0.2) is 0 Å². The van der Waals surface area contributed by atoms with Gasteiger partial charge in [0.25, 0.3) is 5.91 Å². The molecule has 3 heteroatoms. The van der Waals surface area contributed by atoms with Crippen LogP contribution < -0.4 is 5.32 Å². The quantitative estimate of drug-likeness (QED) is 0.859. The van der Waals surface area contributed by atoms with E-state index in [0.717, 1.165) is 12.0 Å². The fourth-order valence-corrected chi connectivity index (χ4v) is 1.86. The lowest BCUT2D eigenvalue weighted by molar-refractivity contribution is -0.129. The normalized spacial score (nSPS) is 11.8. The number of hydrogen-bond acceptors (Lipinski definition) is 2. The molecule has 0 saturated carbocycles. The van der Waals surface area contributed by atoms with E-state index in [4.69, 9.17) is 0 Å². The summed E-state index contributed by atoms with van der Waals surface area (Å²) in [5.41, 5.74) is 1.77. The summed E-state index contributed by atoms with van der Waals surface area (Å²) in [7, 11) is 0. The van der Waals surface area contributed by atoms with Crippen LogP contribution in [0.1, 0.15) is 17.2 Å². The summed E-state index contributed by atoms with van der Waals surface area (Å²) in [5, 5.41) is 12.6. The molecule has 0 fully saturated rings. The largest absolute Gasteiger partial charge is 0.378 e. The number of carbonyl (C=O) groups excluding carboxylic acids is 1. The third-order valence-electron chi connectivity index (χ3n) is 2.92. The molecule has 0 aliphatic carbocycles. The summed E-state index contributed by atoms with van der Waals surface area (Å²) in [4.78, 5) is 11.8. The highest BCUT2D eigenvalue weighted by molar-refractivity contribution is 5.81. The molecule has 19 heavy (non-hydrogen) atoms. The minimum atomic E-state index is -1.10. The van der Waals surface area contributed by atoms with Crippen molar-refractivity contribution in [3.63, 3.8) is 0 Å². The van der Waals surface area contributed by atoms with Crippen LogP contribution in [0.5, 0.6) is 0 Å². The first kappa shape index (κ1) is 13.3. The van der Waals surface area contributed by atoms with Crippen LogP contribution in [0, 0.1) is 0 Å². The molecule has 2 aromatic carbocycles. The molecule has 2 N–H and O–H groups in total. The van der Waals surface area contributed by atoms with Gasteiger partial charge in [-0.2, -0.15) is 0 Å². The molecule has 0 aromatic heterocycles. The zero-order chi connectivity index (χ0) is 13.5. The number of amides is 1. The summed E-state index contributed by atoms with van der Waals surface area (Å²) in [6, 6.07) is 18.9. The van der Waals surface area contributed by atoms with Crippen LogP contribution in [0.25, 0.3) is 0 Å². The fourth-order valence-electron chi connectivity index (χ4n) is 1.86. The Hall–Kier alpha value is -2.13. The lowest BCUT2D eigenvalue weighted by Gasteiger charge is -2.11. The maximum atomic E-state index is 11.8. The van der Waals surface area contributed by atoms with Crippen molar-refractivity contribution in [2.24, 2.45) is 0 Å². The van der Waals surface area contributed by atoms with E-state index in [1.807, 2.05) is 36.4 Å². The summed E-state index contributed by atoms with van der Waals surface area (Å²) in [6.45, 7) is 0.521. The number of aliphatic hydroxyl groups is 1. The highest BCUT2D eigenvalue weighted by Crippen LogP contribution is 2.11. The standard InChI is InChI=1S/C16H17NO2/c18-15(14-9-5-2-6-10-14)16(19)17-12-11-13-7-3-1-4-8-13/h1-10,15,18H,11-12H2,(H,17,19)/t15-/m1/s1. The Balaban J connectivity index is 1.82. The number of carbonyl (C=O) groups is 1. The van der Waals surface area contributed by atoms with Crippen molar-refractivity contribution in [1.29, 1.82) is 0 Å². The Morgan fingerprint density at radius 3 is 2.21 bits per heavy atom. The minimum Gasteiger partial charge on any atom is -0.378 e. The molecular weight excluding hydrogens is 238 g/mol. The highest BCUT2D eigenvalue weighted by atomic mass is 16.3. The van der Waals surface area contributed by atoms with E-state index in [-0.39, 0.29) is 5.91 Å². The van der Waals surface area contributed by atoms with E-state index in [9.17, 15) is 9.90 Å². The Morgan fingerprint density at radius 1 is 1.00 bits per heavy atom. The third kappa shape index (κ3) is 3.93. The summed E-state index contributed by atoms with van der Waals surface area (Å²) in [5.74, 6) is -0.359. The molecule has 2 rings (SSSR count). The van der Waals surface area contributed by atoms with Crippen LogP contribution in [-0.2, 0) is 11.2 Å². The first-order valence-corrected chi connectivity index (χ1v) is 6.32. The molecule has 0 radical (unpaired) electrons. The molecule has 0 unspecified atom stereocenters. The number of aliphatic hydroxyl groups excluding tert-OH is 1. The van der Waals surface area contributed by atoms with Crippen molar-refractivity contribution < 1.29 is 9.90 Å². The van der Waals surface area contributed by atoms with Gasteiger partial charge >= 0.3 is 0 Å². The molecule has 0 aliphatic heterocycles. The smallest absolute Gasteiger partial charge is 0.253 e. The predicted molar refractivity (Wildman–Crippen MR) is 74.6 cm³/mol. The van der Waals surface area contributed by atoms with Crippen molar-refractivity contribution in [3.05, 3.63) is 71.8 Å². The van der Waals surface area contributed by atoms with E-state index in [1.54, 1.807) is 24.3 Å². The van der Waals surface area contributed by atoms with E-state index >= 15 is 0 Å². The van der Waals surface area contributed by atoms with Crippen molar-refractivity contribution in [1.82, 2.24) is 5.32 Å². The SMILES string of the molecule is O=C(NCCc1ccccc1)[C@H](O)c1ccccc1. The second kappa shape index (κ2) is 6.71. The van der Waals surface area contributed by atoms with Gasteiger partial charge in [-0.05, 0) is 17.5 Å². The Morgan fingerprint density at radius 2 is 1.58 bits per heavy atom. The molecule has 98 valence electrons. The van der Waals surface area contributed by atoms with E-state index in [1.165, 1.54) is 0 Å². The van der Waals surface area contributed by atoms with Gasteiger partial charge in [0.1, 0.15) is 0 Å². The van der Waals surface area contributed by atoms with Crippen molar-refractivity contribution in [2.45, 2.75) is 12.5 Å². The molecular formula is C16H17NO2. The maximum absolute atomic E-state index is 11.8. The summed E-state index contributed by atoms with van der Waals surface area (Å²) < 4.78 is 0. The van der Waals surface area contributed by atoms with Gasteiger partial charge in [-0.15, -0.1) is 0 Å². The average Bonchev–Trinajstić information content (AvgIpc) is 2.48. The molecule has 0 bridgehead atoms. The van der Waals surface area contributed by atoms with E-state index in [0.29, 0.717) is 12.1 Å². The topological polar surface area (TPSA) is 49.3 Å². The minimum absolute atomic E-state index is 0.359. The van der Waals surface area contributed by atoms with Gasteiger partial charge in [0.2, 0.25) is 0 Å². The number of rotatable bonds is 5. The van der Waals surface area contributed by atoms with Crippen LogP contribution in [0.3, 0.4) is 0 Å². The number of nitrogens with one attached hydrogen (secondary N) is 1. The lowest BCUT2D eigenvalue weighted by atomic mass is 10.1. The van der Waals surface area contributed by atoms with Crippen molar-refractivity contribution in [3.8, 4) is 0 Å². The monoisotopic (exact) mass is 255 g/mol. The Kier molecular flexibility index (Phi) is 4.70. The predicted octanol–water partition coefficient (Wildman–Crippen LogP) is 2.08. The average molecular weight is 255 g/mol. The molecule has 0 saturated heterocycles.